The number of hydrogen-bond acceptors (Lipinski definition) is 4. The molecule has 2 rings (SSSR count). The molecule has 1 aromatic rings. The Kier molecular flexibility index (Phi) is 8.66. The summed E-state index contributed by atoms with van der Waals surface area (Å²) in [7, 11) is 0. The fourth-order valence-electron chi connectivity index (χ4n) is 2.29. The monoisotopic (exact) mass is 339 g/mol. The Morgan fingerprint density at radius 3 is 2.85 bits per heavy atom. The predicted molar refractivity (Wildman–Crippen MR) is 88.3 cm³/mol. The van der Waals surface area contributed by atoms with Crippen LogP contribution in [0.5, 0.6) is 0 Å². The maximum absolute atomic E-state index is 12.1. The molecule has 4 nitrogen and oxygen atoms in total. The van der Waals surface area contributed by atoms with Crippen LogP contribution in [0.15, 0.2) is 5.38 Å². The van der Waals surface area contributed by atoms with Gasteiger partial charge in [-0.25, -0.2) is 4.98 Å². The van der Waals surface area contributed by atoms with Crippen LogP contribution in [0, 0.1) is 12.3 Å². The fraction of sp³-hybridized carbons (Fsp3) is 0.692. The first-order chi connectivity index (χ1) is 8.60. The number of carbonyl (C=O) groups excluding carboxylic acids is 1. The summed E-state index contributed by atoms with van der Waals surface area (Å²) < 4.78 is 0. The summed E-state index contributed by atoms with van der Waals surface area (Å²) in [5.41, 5.74) is 0.834. The van der Waals surface area contributed by atoms with Gasteiger partial charge in [-0.15, -0.1) is 36.2 Å². The van der Waals surface area contributed by atoms with Crippen molar-refractivity contribution in [2.45, 2.75) is 33.1 Å². The molecule has 1 aliphatic rings. The van der Waals surface area contributed by atoms with Gasteiger partial charge in [-0.3, -0.25) is 4.79 Å². The van der Waals surface area contributed by atoms with Gasteiger partial charge < -0.3 is 10.6 Å². The highest BCUT2D eigenvalue weighted by atomic mass is 35.5. The van der Waals surface area contributed by atoms with E-state index < -0.39 is 0 Å². The van der Waals surface area contributed by atoms with Crippen molar-refractivity contribution >= 4 is 42.1 Å². The number of rotatable bonds is 4. The molecule has 2 N–H and O–H groups in total. The van der Waals surface area contributed by atoms with E-state index in [-0.39, 0.29) is 36.1 Å². The molecular formula is C13H23Cl2N3OS. The van der Waals surface area contributed by atoms with Gasteiger partial charge in [0.15, 0.2) is 0 Å². The van der Waals surface area contributed by atoms with Gasteiger partial charge in [0.1, 0.15) is 0 Å². The van der Waals surface area contributed by atoms with E-state index in [1.807, 2.05) is 13.8 Å². The summed E-state index contributed by atoms with van der Waals surface area (Å²) in [5.74, 6) is 0.168. The highest BCUT2D eigenvalue weighted by Crippen LogP contribution is 2.25. The second-order valence-electron chi connectivity index (χ2n) is 5.20. The number of amides is 1. The Morgan fingerprint density at radius 1 is 1.55 bits per heavy atom. The quantitative estimate of drug-likeness (QED) is 0.885. The first-order valence-electron chi connectivity index (χ1n) is 6.50. The van der Waals surface area contributed by atoms with Crippen LogP contribution in [0.3, 0.4) is 0 Å². The largest absolute Gasteiger partial charge is 0.355 e. The van der Waals surface area contributed by atoms with Crippen LogP contribution in [-0.2, 0) is 11.2 Å². The van der Waals surface area contributed by atoms with Crippen molar-refractivity contribution in [3.8, 4) is 0 Å². The van der Waals surface area contributed by atoms with E-state index in [1.165, 1.54) is 0 Å². The van der Waals surface area contributed by atoms with E-state index in [2.05, 4.69) is 21.0 Å². The number of piperidine rings is 1. The van der Waals surface area contributed by atoms with E-state index in [0.717, 1.165) is 43.1 Å². The molecule has 0 bridgehead atoms. The van der Waals surface area contributed by atoms with Crippen molar-refractivity contribution in [1.82, 2.24) is 15.6 Å². The summed E-state index contributed by atoms with van der Waals surface area (Å²) in [6.45, 7) is 6.54. The van der Waals surface area contributed by atoms with Gasteiger partial charge >= 0.3 is 0 Å². The molecule has 0 radical (unpaired) electrons. The van der Waals surface area contributed by atoms with Crippen molar-refractivity contribution < 1.29 is 4.79 Å². The van der Waals surface area contributed by atoms with Crippen LogP contribution in [0.4, 0.5) is 0 Å². The smallest absolute Gasteiger partial charge is 0.227 e. The zero-order chi connectivity index (χ0) is 13.0. The topological polar surface area (TPSA) is 54.0 Å². The van der Waals surface area contributed by atoms with E-state index in [9.17, 15) is 4.79 Å². The summed E-state index contributed by atoms with van der Waals surface area (Å²) in [4.78, 5) is 16.5. The van der Waals surface area contributed by atoms with E-state index >= 15 is 0 Å². The summed E-state index contributed by atoms with van der Waals surface area (Å²) in [6, 6.07) is 0. The molecule has 2 heterocycles. The number of halogens is 2. The average Bonchev–Trinajstić information content (AvgIpc) is 2.76. The SMILES string of the molecule is Cc1nc(CCNC(=O)C2(C)CCCNC2)cs1.Cl.Cl. The lowest BCUT2D eigenvalue weighted by atomic mass is 9.82. The number of aromatic nitrogens is 1. The minimum atomic E-state index is -0.240. The van der Waals surface area contributed by atoms with Crippen molar-refractivity contribution in [1.29, 1.82) is 0 Å². The molecule has 1 aliphatic heterocycles. The Morgan fingerprint density at radius 2 is 2.30 bits per heavy atom. The maximum atomic E-state index is 12.1. The van der Waals surface area contributed by atoms with Crippen molar-refractivity contribution in [3.63, 3.8) is 0 Å². The van der Waals surface area contributed by atoms with Crippen LogP contribution < -0.4 is 10.6 Å². The molecule has 0 spiro atoms. The van der Waals surface area contributed by atoms with Gasteiger partial charge in [0.25, 0.3) is 0 Å². The van der Waals surface area contributed by atoms with Crippen LogP contribution in [0.25, 0.3) is 0 Å². The van der Waals surface area contributed by atoms with Crippen LogP contribution in [-0.4, -0.2) is 30.5 Å². The summed E-state index contributed by atoms with van der Waals surface area (Å²) in [5, 5.41) is 9.48. The predicted octanol–water partition coefficient (Wildman–Crippen LogP) is 2.34. The Hall–Kier alpha value is -0.360. The lowest BCUT2D eigenvalue weighted by Crippen LogP contribution is -2.49. The Balaban J connectivity index is 0.00000180. The zero-order valence-electron chi connectivity index (χ0n) is 11.9. The average molecular weight is 340 g/mol. The van der Waals surface area contributed by atoms with Crippen molar-refractivity contribution in [2.75, 3.05) is 19.6 Å². The standard InChI is InChI=1S/C13H21N3OS.2ClH/c1-10-16-11(8-18-10)4-7-15-12(17)13(2)5-3-6-14-9-13;;/h8,14H,3-7,9H2,1-2H3,(H,15,17);2*1H. The Bertz CT molecular complexity index is 420. The number of nitrogens with zero attached hydrogens (tertiary/aromatic N) is 1. The minimum absolute atomic E-state index is 0. The molecule has 0 aromatic carbocycles. The number of nitrogens with one attached hydrogen (secondary N) is 2. The minimum Gasteiger partial charge on any atom is -0.355 e. The highest BCUT2D eigenvalue weighted by molar-refractivity contribution is 7.09. The number of carbonyl (C=O) groups is 1. The Labute approximate surface area is 137 Å². The molecule has 0 saturated carbocycles. The number of thiazole rings is 1. The second kappa shape index (κ2) is 8.82. The van der Waals surface area contributed by atoms with Crippen LogP contribution in [0.2, 0.25) is 0 Å². The summed E-state index contributed by atoms with van der Waals surface area (Å²) in [6.07, 6.45) is 2.87. The van der Waals surface area contributed by atoms with Crippen molar-refractivity contribution in [2.24, 2.45) is 5.41 Å². The van der Waals surface area contributed by atoms with Crippen molar-refractivity contribution in [3.05, 3.63) is 16.1 Å². The van der Waals surface area contributed by atoms with Gasteiger partial charge in [-0.05, 0) is 33.2 Å². The van der Waals surface area contributed by atoms with E-state index in [1.54, 1.807) is 11.3 Å². The molecule has 1 fully saturated rings. The van der Waals surface area contributed by atoms with Gasteiger partial charge in [-0.1, -0.05) is 0 Å². The first kappa shape index (κ1) is 19.6. The summed E-state index contributed by atoms with van der Waals surface area (Å²) >= 11 is 1.66. The normalized spacial score (nSPS) is 21.5. The first-order valence-corrected chi connectivity index (χ1v) is 7.38. The molecule has 1 amide bonds. The van der Waals surface area contributed by atoms with Gasteiger partial charge in [0.2, 0.25) is 5.91 Å². The third kappa shape index (κ3) is 5.20. The molecule has 116 valence electrons. The van der Waals surface area contributed by atoms with E-state index in [4.69, 9.17) is 0 Å². The third-order valence-electron chi connectivity index (χ3n) is 3.48. The molecular weight excluding hydrogens is 317 g/mol. The lowest BCUT2D eigenvalue weighted by molar-refractivity contribution is -0.131. The third-order valence-corrected chi connectivity index (χ3v) is 4.30. The van der Waals surface area contributed by atoms with Crippen LogP contribution in [0.1, 0.15) is 30.5 Å². The van der Waals surface area contributed by atoms with Gasteiger partial charge in [0, 0.05) is 24.9 Å². The highest BCUT2D eigenvalue weighted by Gasteiger charge is 2.34. The second-order valence-corrected chi connectivity index (χ2v) is 6.27. The fourth-order valence-corrected chi connectivity index (χ4v) is 2.94. The number of hydrogen-bond donors (Lipinski definition) is 2. The number of aryl methyl sites for hydroxylation is 1. The molecule has 1 unspecified atom stereocenters. The molecule has 1 saturated heterocycles. The molecule has 1 aromatic heterocycles. The maximum Gasteiger partial charge on any atom is 0.227 e. The lowest BCUT2D eigenvalue weighted by Gasteiger charge is -2.32. The van der Waals surface area contributed by atoms with E-state index in [0.29, 0.717) is 6.54 Å². The van der Waals surface area contributed by atoms with Gasteiger partial charge in [-0.2, -0.15) is 0 Å². The molecule has 0 aliphatic carbocycles. The van der Waals surface area contributed by atoms with Gasteiger partial charge in [0.05, 0.1) is 16.1 Å². The molecule has 1 atom stereocenters. The molecule has 20 heavy (non-hydrogen) atoms. The van der Waals surface area contributed by atoms with Crippen LogP contribution >= 0.6 is 36.2 Å². The molecule has 7 heteroatoms. The zero-order valence-corrected chi connectivity index (χ0v) is 14.3.